The number of hydrogen-bond acceptors (Lipinski definition) is 6. The summed E-state index contributed by atoms with van der Waals surface area (Å²) in [7, 11) is -6.55. The fraction of sp³-hybridized carbons (Fsp3) is 0. The standard InChI is InChI=1S/BO3.O3Si.2Zn/c2-1(3)4;1-4(2)3;;/q-3;-2;2*+2. The second-order valence-corrected chi connectivity index (χ2v) is 1.04. The fourth-order valence-corrected chi connectivity index (χ4v) is 0. The van der Waals surface area contributed by atoms with Crippen molar-refractivity contribution in [2.24, 2.45) is 0 Å². The van der Waals surface area contributed by atoms with Gasteiger partial charge in [0.2, 0.25) is 0 Å². The molecule has 0 amide bonds. The predicted octanol–water partition coefficient (Wildman–Crippen LogP) is -6.83. The summed E-state index contributed by atoms with van der Waals surface area (Å²) in [6.07, 6.45) is 0. The first-order valence-electron chi connectivity index (χ1n) is 1.32. The van der Waals surface area contributed by atoms with E-state index in [1.54, 1.807) is 0 Å². The molecule has 0 saturated carbocycles. The summed E-state index contributed by atoms with van der Waals surface area (Å²) in [5.41, 5.74) is 0. The molecule has 0 saturated heterocycles. The van der Waals surface area contributed by atoms with Crippen molar-refractivity contribution in [3.8, 4) is 0 Å². The summed E-state index contributed by atoms with van der Waals surface area (Å²) in [4.78, 5) is 17.0. The zero-order valence-electron chi connectivity index (χ0n) is 4.94. The Morgan fingerprint density at radius 3 is 1.00 bits per heavy atom. The smallest absolute Gasteiger partial charge is 0.907 e. The Bertz CT molecular complexity index is 60.0. The third kappa shape index (κ3) is 822. The maximum absolute atomic E-state index is 8.52. The van der Waals surface area contributed by atoms with Crippen molar-refractivity contribution in [3.05, 3.63) is 0 Å². The molecule has 6 nitrogen and oxygen atoms in total. The molecule has 0 aliphatic rings. The van der Waals surface area contributed by atoms with Gasteiger partial charge in [-0.2, -0.15) is 0 Å². The van der Waals surface area contributed by atoms with Gasteiger partial charge >= 0.3 is 39.0 Å². The van der Waals surface area contributed by atoms with Crippen LogP contribution >= 0.6 is 0 Å². The molecule has 0 N–H and O–H groups in total. The van der Waals surface area contributed by atoms with Crippen LogP contribution in [0.2, 0.25) is 0 Å². The molecule has 0 atom stereocenters. The Morgan fingerprint density at radius 2 is 1.00 bits per heavy atom. The molecular formula is BO6SiZn2-. The van der Waals surface area contributed by atoms with E-state index in [1.807, 2.05) is 0 Å². The molecule has 0 aromatic rings. The average Bonchev–Trinajstić information content (AvgIpc) is 1.25. The molecule has 0 aliphatic heterocycles. The molecule has 10 heavy (non-hydrogen) atoms. The van der Waals surface area contributed by atoms with E-state index in [1.165, 1.54) is 0 Å². The molecule has 0 aromatic carbocycles. The first-order valence-corrected chi connectivity index (χ1v) is 2.54. The van der Waals surface area contributed by atoms with E-state index < -0.39 is 16.5 Å². The minimum absolute atomic E-state index is 0. The Labute approximate surface area is 84.5 Å². The largest absolute Gasteiger partial charge is 2.00 e. The van der Waals surface area contributed by atoms with Gasteiger partial charge in [-0.3, -0.25) is 7.32 Å². The minimum atomic E-state index is -3.63. The maximum Gasteiger partial charge on any atom is 2.00 e. The van der Waals surface area contributed by atoms with Gasteiger partial charge in [0.1, 0.15) is 0 Å². The van der Waals surface area contributed by atoms with E-state index in [4.69, 9.17) is 29.1 Å². The van der Waals surface area contributed by atoms with E-state index >= 15 is 0 Å². The molecule has 0 spiro atoms. The zero-order valence-corrected chi connectivity index (χ0v) is 11.9. The van der Waals surface area contributed by atoms with Gasteiger partial charge in [0.15, 0.2) is 0 Å². The molecular weight excluding hydrogens is 266 g/mol. The van der Waals surface area contributed by atoms with Crippen LogP contribution in [0.25, 0.3) is 0 Å². The van der Waals surface area contributed by atoms with Crippen LogP contribution < -0.4 is 24.7 Å². The Hall–Kier alpha value is 0.809. The van der Waals surface area contributed by atoms with E-state index in [-0.39, 0.29) is 39.0 Å². The normalized spacial score (nSPS) is 5.10. The molecule has 10 heteroatoms. The molecule has 0 fully saturated rings. The zero-order chi connectivity index (χ0) is 7.15. The van der Waals surface area contributed by atoms with E-state index in [2.05, 4.69) is 0 Å². The summed E-state index contributed by atoms with van der Waals surface area (Å²) >= 11 is 0. The van der Waals surface area contributed by atoms with Crippen LogP contribution in [0, 0.1) is 0 Å². The molecule has 0 rings (SSSR count). The Balaban J connectivity index is -0.0000000300. The summed E-state index contributed by atoms with van der Waals surface area (Å²) < 4.78 is 8.52. The molecule has 0 heterocycles. The van der Waals surface area contributed by atoms with Crippen molar-refractivity contribution in [1.29, 1.82) is 0 Å². The SMILES string of the molecule is O=[Si]([O-])[O-].[O-]B([O-])[O-].[Zn+2].[Zn+2]. The predicted molar refractivity (Wildman–Crippen MR) is 12.2 cm³/mol. The molecule has 0 aliphatic carbocycles. The van der Waals surface area contributed by atoms with Gasteiger partial charge in [0, 0.05) is 9.17 Å². The van der Waals surface area contributed by atoms with Crippen molar-refractivity contribution < 1.29 is 68.1 Å². The third-order valence-corrected chi connectivity index (χ3v) is 0. The van der Waals surface area contributed by atoms with Crippen LogP contribution in [-0.4, -0.2) is 16.5 Å². The van der Waals surface area contributed by atoms with Crippen LogP contribution in [0.15, 0.2) is 0 Å². The molecule has 48 valence electrons. The Morgan fingerprint density at radius 1 is 1.00 bits per heavy atom. The fourth-order valence-electron chi connectivity index (χ4n) is 0. The molecule has 0 bridgehead atoms. The van der Waals surface area contributed by atoms with Gasteiger partial charge in [-0.1, -0.05) is 0 Å². The van der Waals surface area contributed by atoms with Gasteiger partial charge in [-0.25, -0.2) is 0 Å². The van der Waals surface area contributed by atoms with Gasteiger partial charge in [-0.15, -0.1) is 0 Å². The summed E-state index contributed by atoms with van der Waals surface area (Å²) in [6, 6.07) is 0. The van der Waals surface area contributed by atoms with Crippen LogP contribution in [0.4, 0.5) is 0 Å². The van der Waals surface area contributed by atoms with Crippen molar-refractivity contribution in [1.82, 2.24) is 0 Å². The summed E-state index contributed by atoms with van der Waals surface area (Å²) in [6.45, 7) is 0. The summed E-state index contributed by atoms with van der Waals surface area (Å²) in [5, 5.41) is 25.2. The van der Waals surface area contributed by atoms with E-state index in [0.717, 1.165) is 0 Å². The molecule has 0 aromatic heterocycles. The van der Waals surface area contributed by atoms with E-state index in [0.29, 0.717) is 0 Å². The number of hydrogen-bond donors (Lipinski definition) is 0. The minimum Gasteiger partial charge on any atom is -0.907 e. The first-order chi connectivity index (χ1) is 3.46. The van der Waals surface area contributed by atoms with Crippen molar-refractivity contribution in [3.63, 3.8) is 0 Å². The van der Waals surface area contributed by atoms with Crippen molar-refractivity contribution in [2.75, 3.05) is 0 Å². The van der Waals surface area contributed by atoms with Crippen molar-refractivity contribution in [2.45, 2.75) is 0 Å². The van der Waals surface area contributed by atoms with Gasteiger partial charge < -0.3 is 29.1 Å². The van der Waals surface area contributed by atoms with Crippen LogP contribution in [0.5, 0.6) is 0 Å². The second kappa shape index (κ2) is 16.4. The maximum atomic E-state index is 8.52. The quantitative estimate of drug-likeness (QED) is 0.400. The van der Waals surface area contributed by atoms with Crippen LogP contribution in [0.1, 0.15) is 0 Å². The molecule has 0 radical (unpaired) electrons. The van der Waals surface area contributed by atoms with Gasteiger partial charge in [0.25, 0.3) is 0 Å². The van der Waals surface area contributed by atoms with Crippen molar-refractivity contribution >= 4 is 16.5 Å². The van der Waals surface area contributed by atoms with Crippen LogP contribution in [0.3, 0.4) is 0 Å². The molecule has 0 unspecified atom stereocenters. The summed E-state index contributed by atoms with van der Waals surface area (Å²) in [5.74, 6) is 0. The van der Waals surface area contributed by atoms with Crippen LogP contribution in [-0.2, 0) is 43.4 Å². The number of rotatable bonds is 0. The third-order valence-electron chi connectivity index (χ3n) is 0. The van der Waals surface area contributed by atoms with Gasteiger partial charge in [0.05, 0.1) is 0 Å². The Kier molecular flexibility index (Phi) is 36.8. The first kappa shape index (κ1) is 22.4. The second-order valence-electron chi connectivity index (χ2n) is 0.539. The average molecular weight is 266 g/mol. The van der Waals surface area contributed by atoms with E-state index in [9.17, 15) is 0 Å². The van der Waals surface area contributed by atoms with Gasteiger partial charge in [-0.05, 0) is 0 Å². The monoisotopic (exact) mass is 263 g/mol. The topological polar surface area (TPSA) is 132 Å².